The lowest BCUT2D eigenvalue weighted by Crippen LogP contribution is -2.44. The molecule has 0 unspecified atom stereocenters. The summed E-state index contributed by atoms with van der Waals surface area (Å²) in [6.07, 6.45) is 0.484. The van der Waals surface area contributed by atoms with Gasteiger partial charge in [-0.25, -0.2) is 4.98 Å². The van der Waals surface area contributed by atoms with Crippen molar-refractivity contribution >= 4 is 29.1 Å². The molecule has 29 heavy (non-hydrogen) atoms. The van der Waals surface area contributed by atoms with Crippen molar-refractivity contribution in [3.05, 3.63) is 39.8 Å². The number of thiazole rings is 1. The number of hydrogen-bond donors (Lipinski definition) is 2. The van der Waals surface area contributed by atoms with Crippen molar-refractivity contribution in [2.45, 2.75) is 26.2 Å². The number of hydrazine groups is 1. The van der Waals surface area contributed by atoms with Crippen LogP contribution in [0, 0.1) is 6.92 Å². The summed E-state index contributed by atoms with van der Waals surface area (Å²) in [5.41, 5.74) is 6.08. The molecule has 1 aromatic heterocycles. The number of hydrogen-bond acceptors (Lipinski definition) is 8. The number of aryl methyl sites for hydroxylation is 2. The van der Waals surface area contributed by atoms with E-state index in [9.17, 15) is 14.4 Å². The number of carbonyl (C=O) groups is 3. The molecule has 156 valence electrons. The number of nitrogens with one attached hydrogen (secondary N) is 2. The molecule has 0 atom stereocenters. The normalized spacial score (nSPS) is 10.2. The fourth-order valence-electron chi connectivity index (χ4n) is 2.45. The third-order valence-corrected chi connectivity index (χ3v) is 4.73. The highest BCUT2D eigenvalue weighted by atomic mass is 32.1. The summed E-state index contributed by atoms with van der Waals surface area (Å²) in [5.74, 6) is -0.472. The molecule has 0 aliphatic heterocycles. The molecular formula is C19H23N3O6S. The predicted octanol–water partition coefficient (Wildman–Crippen LogP) is 1.33. The zero-order valence-electron chi connectivity index (χ0n) is 16.4. The van der Waals surface area contributed by atoms with Gasteiger partial charge in [-0.1, -0.05) is 12.1 Å². The zero-order valence-corrected chi connectivity index (χ0v) is 17.3. The van der Waals surface area contributed by atoms with E-state index in [0.29, 0.717) is 22.9 Å². The average molecular weight is 421 g/mol. The Kier molecular flexibility index (Phi) is 8.41. The number of esters is 1. The molecule has 0 fully saturated rings. The number of ether oxygens (including phenoxy) is 3. The van der Waals surface area contributed by atoms with E-state index in [1.807, 2.05) is 18.4 Å². The van der Waals surface area contributed by atoms with Crippen LogP contribution >= 0.6 is 11.3 Å². The molecule has 2 amide bonds. The lowest BCUT2D eigenvalue weighted by Gasteiger charge is -2.12. The molecule has 0 spiro atoms. The van der Waals surface area contributed by atoms with E-state index in [2.05, 4.69) is 15.8 Å². The molecule has 2 N–H and O–H groups in total. The summed E-state index contributed by atoms with van der Waals surface area (Å²) < 4.78 is 15.5. The van der Waals surface area contributed by atoms with E-state index in [-0.39, 0.29) is 12.8 Å². The second kappa shape index (κ2) is 11.0. The van der Waals surface area contributed by atoms with Crippen LogP contribution in [-0.2, 0) is 32.0 Å². The first-order chi connectivity index (χ1) is 13.9. The molecule has 0 radical (unpaired) electrons. The van der Waals surface area contributed by atoms with Crippen LogP contribution in [0.5, 0.6) is 11.5 Å². The van der Waals surface area contributed by atoms with Crippen molar-refractivity contribution in [3.8, 4) is 11.5 Å². The minimum absolute atomic E-state index is 0.0565. The summed E-state index contributed by atoms with van der Waals surface area (Å²) >= 11 is 1.36. The first kappa shape index (κ1) is 22.2. The first-order valence-corrected chi connectivity index (χ1v) is 9.65. The molecule has 1 heterocycles. The van der Waals surface area contributed by atoms with Crippen molar-refractivity contribution in [2.75, 3.05) is 20.8 Å². The Labute approximate surface area is 172 Å². The Morgan fingerprint density at radius 1 is 1.10 bits per heavy atom. The second-order valence-corrected chi connectivity index (χ2v) is 6.91. The Morgan fingerprint density at radius 2 is 1.86 bits per heavy atom. The number of rotatable bonds is 9. The number of carbonyl (C=O) groups excluding carboxylic acids is 3. The van der Waals surface area contributed by atoms with Gasteiger partial charge in [-0.05, 0) is 25.0 Å². The quantitative estimate of drug-likeness (QED) is 0.464. The van der Waals surface area contributed by atoms with Crippen molar-refractivity contribution in [3.63, 3.8) is 0 Å². The maximum Gasteiger partial charge on any atom is 0.306 e. The molecule has 2 rings (SSSR count). The molecule has 0 aliphatic carbocycles. The number of methoxy groups -OCH3 is 2. The van der Waals surface area contributed by atoms with Gasteiger partial charge in [-0.15, -0.1) is 11.3 Å². The van der Waals surface area contributed by atoms with Gasteiger partial charge in [0.2, 0.25) is 5.91 Å². The van der Waals surface area contributed by atoms with Crippen LogP contribution < -0.4 is 20.3 Å². The monoisotopic (exact) mass is 421 g/mol. The lowest BCUT2D eigenvalue weighted by atomic mass is 10.1. The average Bonchev–Trinajstić information content (AvgIpc) is 3.12. The third kappa shape index (κ3) is 7.07. The van der Waals surface area contributed by atoms with Gasteiger partial charge in [-0.2, -0.15) is 0 Å². The van der Waals surface area contributed by atoms with Crippen LogP contribution in [0.1, 0.15) is 22.7 Å². The molecule has 0 aliphatic rings. The highest BCUT2D eigenvalue weighted by Crippen LogP contribution is 2.31. The highest BCUT2D eigenvalue weighted by molar-refractivity contribution is 7.09. The number of benzene rings is 1. The summed E-state index contributed by atoms with van der Waals surface area (Å²) in [5, 5.41) is 2.48. The Bertz CT molecular complexity index is 867. The summed E-state index contributed by atoms with van der Waals surface area (Å²) in [4.78, 5) is 39.5. The van der Waals surface area contributed by atoms with Crippen LogP contribution in [0.4, 0.5) is 0 Å². The molecule has 2 aromatic rings. The third-order valence-electron chi connectivity index (χ3n) is 3.77. The van der Waals surface area contributed by atoms with Crippen LogP contribution in [0.2, 0.25) is 0 Å². The number of nitrogens with zero attached hydrogens (tertiary/aromatic N) is 1. The summed E-state index contributed by atoms with van der Waals surface area (Å²) in [6, 6.07) is 5.38. The van der Waals surface area contributed by atoms with Crippen molar-refractivity contribution in [1.29, 1.82) is 0 Å². The van der Waals surface area contributed by atoms with Gasteiger partial charge in [0.15, 0.2) is 18.1 Å². The van der Waals surface area contributed by atoms with Gasteiger partial charge in [0.25, 0.3) is 5.91 Å². The Hall–Kier alpha value is -3.14. The van der Waals surface area contributed by atoms with E-state index >= 15 is 0 Å². The van der Waals surface area contributed by atoms with Crippen LogP contribution in [0.3, 0.4) is 0 Å². The maximum atomic E-state index is 11.9. The van der Waals surface area contributed by atoms with Crippen molar-refractivity contribution in [2.24, 2.45) is 0 Å². The van der Waals surface area contributed by atoms with E-state index in [1.165, 1.54) is 25.6 Å². The van der Waals surface area contributed by atoms with Gasteiger partial charge >= 0.3 is 5.97 Å². The van der Waals surface area contributed by atoms with Gasteiger partial charge < -0.3 is 14.2 Å². The maximum absolute atomic E-state index is 11.9. The number of para-hydroxylation sites is 1. The van der Waals surface area contributed by atoms with Gasteiger partial charge in [0.1, 0.15) is 5.01 Å². The summed E-state index contributed by atoms with van der Waals surface area (Å²) in [7, 11) is 3.05. The van der Waals surface area contributed by atoms with Crippen LogP contribution in [0.25, 0.3) is 0 Å². The van der Waals surface area contributed by atoms with Crippen LogP contribution in [0.15, 0.2) is 23.6 Å². The molecule has 0 saturated carbocycles. The molecular weight excluding hydrogens is 398 g/mol. The van der Waals surface area contributed by atoms with Gasteiger partial charge in [-0.3, -0.25) is 25.2 Å². The summed E-state index contributed by atoms with van der Waals surface area (Å²) in [6.45, 7) is 1.34. The smallest absolute Gasteiger partial charge is 0.306 e. The Balaban J connectivity index is 1.69. The number of aromatic nitrogens is 1. The largest absolute Gasteiger partial charge is 0.493 e. The van der Waals surface area contributed by atoms with E-state index in [0.717, 1.165) is 11.3 Å². The van der Waals surface area contributed by atoms with Gasteiger partial charge in [0.05, 0.1) is 20.6 Å². The van der Waals surface area contributed by atoms with Crippen molar-refractivity contribution < 1.29 is 28.6 Å². The minimum Gasteiger partial charge on any atom is -0.493 e. The molecule has 9 nitrogen and oxygen atoms in total. The first-order valence-electron chi connectivity index (χ1n) is 8.77. The topological polar surface area (TPSA) is 116 Å². The lowest BCUT2D eigenvalue weighted by molar-refractivity contribution is -0.149. The number of amides is 2. The van der Waals surface area contributed by atoms with E-state index in [4.69, 9.17) is 14.2 Å². The molecule has 0 bridgehead atoms. The fraction of sp³-hybridized carbons (Fsp3) is 0.368. The van der Waals surface area contributed by atoms with Crippen LogP contribution in [-0.4, -0.2) is 43.6 Å². The molecule has 0 saturated heterocycles. The second-order valence-electron chi connectivity index (χ2n) is 5.97. The Morgan fingerprint density at radius 3 is 2.52 bits per heavy atom. The molecule has 10 heteroatoms. The SMILES string of the molecule is COc1cccc(CCC(=O)OCC(=O)NNC(=O)Cc2nc(C)cs2)c1OC. The van der Waals surface area contributed by atoms with Gasteiger partial charge in [0, 0.05) is 17.5 Å². The zero-order chi connectivity index (χ0) is 21.2. The van der Waals surface area contributed by atoms with E-state index < -0.39 is 24.4 Å². The van der Waals surface area contributed by atoms with Crippen molar-refractivity contribution in [1.82, 2.24) is 15.8 Å². The molecule has 1 aromatic carbocycles. The standard InChI is InChI=1S/C19H23N3O6S/c1-12-11-29-17(20-12)9-15(23)21-22-16(24)10-28-18(25)8-7-13-5-4-6-14(26-2)19(13)27-3/h4-6,11H,7-10H2,1-3H3,(H,21,23)(H,22,24). The predicted molar refractivity (Wildman–Crippen MR) is 106 cm³/mol. The van der Waals surface area contributed by atoms with E-state index in [1.54, 1.807) is 12.1 Å². The minimum atomic E-state index is -0.638. The fourth-order valence-corrected chi connectivity index (χ4v) is 3.22. The highest BCUT2D eigenvalue weighted by Gasteiger charge is 2.13.